The quantitative estimate of drug-likeness (QED) is 0.826. The van der Waals surface area contributed by atoms with E-state index in [9.17, 15) is 0 Å². The lowest BCUT2D eigenvalue weighted by molar-refractivity contribution is 0.0612. The Bertz CT molecular complexity index is 327. The highest BCUT2D eigenvalue weighted by atomic mass is 15.3. The number of piperazine rings is 1. The van der Waals surface area contributed by atoms with Gasteiger partial charge in [0.2, 0.25) is 0 Å². The molecule has 1 unspecified atom stereocenters. The Labute approximate surface area is 97.1 Å². The summed E-state index contributed by atoms with van der Waals surface area (Å²) < 4.78 is 0. The molecule has 1 aliphatic heterocycles. The van der Waals surface area contributed by atoms with Crippen LogP contribution in [0.2, 0.25) is 0 Å². The molecule has 0 spiro atoms. The standard InChI is InChI=1S/C12H20N4/c1-3-12(2)10-13-7-8-16(12)9-11-14-5-4-6-15-11/h4-6,13H,3,7-10H2,1-2H3. The maximum absolute atomic E-state index is 4.30. The summed E-state index contributed by atoms with van der Waals surface area (Å²) in [6, 6.07) is 1.86. The largest absolute Gasteiger partial charge is 0.314 e. The minimum atomic E-state index is 0.234. The molecule has 1 aromatic rings. The third-order valence-corrected chi connectivity index (χ3v) is 3.54. The molecule has 1 fully saturated rings. The lowest BCUT2D eigenvalue weighted by Crippen LogP contribution is -2.58. The van der Waals surface area contributed by atoms with Crippen molar-refractivity contribution in [1.29, 1.82) is 0 Å². The van der Waals surface area contributed by atoms with Crippen LogP contribution in [0, 0.1) is 0 Å². The van der Waals surface area contributed by atoms with E-state index in [0.29, 0.717) is 0 Å². The average Bonchev–Trinajstić information content (AvgIpc) is 2.34. The zero-order valence-electron chi connectivity index (χ0n) is 10.1. The van der Waals surface area contributed by atoms with Crippen LogP contribution in [0.25, 0.3) is 0 Å². The number of hydrogen-bond acceptors (Lipinski definition) is 4. The van der Waals surface area contributed by atoms with Crippen molar-refractivity contribution in [2.75, 3.05) is 19.6 Å². The number of hydrogen-bond donors (Lipinski definition) is 1. The fourth-order valence-electron chi connectivity index (χ4n) is 2.15. The number of nitrogens with zero attached hydrogens (tertiary/aromatic N) is 3. The predicted molar refractivity (Wildman–Crippen MR) is 64.0 cm³/mol. The van der Waals surface area contributed by atoms with Gasteiger partial charge in [-0.3, -0.25) is 4.90 Å². The van der Waals surface area contributed by atoms with Gasteiger partial charge in [-0.25, -0.2) is 9.97 Å². The van der Waals surface area contributed by atoms with Crippen LogP contribution in [0.15, 0.2) is 18.5 Å². The Morgan fingerprint density at radius 1 is 1.44 bits per heavy atom. The lowest BCUT2D eigenvalue weighted by Gasteiger charge is -2.44. The molecule has 0 aliphatic carbocycles. The topological polar surface area (TPSA) is 41.0 Å². The number of nitrogens with one attached hydrogen (secondary N) is 1. The molecule has 2 heterocycles. The van der Waals surface area contributed by atoms with E-state index in [-0.39, 0.29) is 5.54 Å². The molecule has 1 saturated heterocycles. The molecular formula is C12H20N4. The van der Waals surface area contributed by atoms with E-state index in [0.717, 1.165) is 38.4 Å². The molecule has 0 saturated carbocycles. The highest BCUT2D eigenvalue weighted by Gasteiger charge is 2.32. The smallest absolute Gasteiger partial charge is 0.142 e. The van der Waals surface area contributed by atoms with Crippen molar-refractivity contribution in [1.82, 2.24) is 20.2 Å². The van der Waals surface area contributed by atoms with Crippen LogP contribution in [0.5, 0.6) is 0 Å². The molecule has 1 atom stereocenters. The van der Waals surface area contributed by atoms with E-state index in [1.807, 2.05) is 18.5 Å². The van der Waals surface area contributed by atoms with Crippen molar-refractivity contribution >= 4 is 0 Å². The van der Waals surface area contributed by atoms with Gasteiger partial charge < -0.3 is 5.32 Å². The van der Waals surface area contributed by atoms with Crippen LogP contribution in [-0.2, 0) is 6.54 Å². The van der Waals surface area contributed by atoms with Gasteiger partial charge in [-0.1, -0.05) is 6.92 Å². The Morgan fingerprint density at radius 3 is 2.88 bits per heavy atom. The number of aromatic nitrogens is 2. The molecule has 4 nitrogen and oxygen atoms in total. The summed E-state index contributed by atoms with van der Waals surface area (Å²) in [6.45, 7) is 8.59. The molecule has 0 aromatic carbocycles. The van der Waals surface area contributed by atoms with Crippen molar-refractivity contribution in [2.45, 2.75) is 32.4 Å². The maximum Gasteiger partial charge on any atom is 0.142 e. The molecule has 4 heteroatoms. The highest BCUT2D eigenvalue weighted by molar-refractivity contribution is 4.96. The molecule has 0 amide bonds. The second-order valence-electron chi connectivity index (χ2n) is 4.61. The van der Waals surface area contributed by atoms with E-state index in [4.69, 9.17) is 0 Å². The Hall–Kier alpha value is -1.00. The average molecular weight is 220 g/mol. The summed E-state index contributed by atoms with van der Waals surface area (Å²) in [4.78, 5) is 11.1. The van der Waals surface area contributed by atoms with Crippen molar-refractivity contribution in [3.8, 4) is 0 Å². The first kappa shape index (κ1) is 11.5. The molecule has 0 radical (unpaired) electrons. The van der Waals surface area contributed by atoms with Gasteiger partial charge in [0.1, 0.15) is 5.82 Å². The first-order chi connectivity index (χ1) is 7.74. The molecular weight excluding hydrogens is 200 g/mol. The van der Waals surface area contributed by atoms with Crippen molar-refractivity contribution < 1.29 is 0 Å². The Kier molecular flexibility index (Phi) is 3.51. The molecule has 88 valence electrons. The van der Waals surface area contributed by atoms with Gasteiger partial charge >= 0.3 is 0 Å². The minimum Gasteiger partial charge on any atom is -0.314 e. The second kappa shape index (κ2) is 4.89. The van der Waals surface area contributed by atoms with E-state index in [1.165, 1.54) is 0 Å². The molecule has 1 N–H and O–H groups in total. The summed E-state index contributed by atoms with van der Waals surface area (Å²) >= 11 is 0. The number of rotatable bonds is 3. The van der Waals surface area contributed by atoms with Gasteiger partial charge in [-0.05, 0) is 19.4 Å². The Morgan fingerprint density at radius 2 is 2.19 bits per heavy atom. The molecule has 1 aliphatic rings. The molecule has 16 heavy (non-hydrogen) atoms. The zero-order valence-corrected chi connectivity index (χ0v) is 10.1. The van der Waals surface area contributed by atoms with Gasteiger partial charge in [0.05, 0.1) is 6.54 Å². The molecule has 0 bridgehead atoms. The maximum atomic E-state index is 4.30. The SMILES string of the molecule is CCC1(C)CNCCN1Cc1ncccn1. The van der Waals surface area contributed by atoms with E-state index < -0.39 is 0 Å². The van der Waals surface area contributed by atoms with Gasteiger partial charge in [0.25, 0.3) is 0 Å². The van der Waals surface area contributed by atoms with Gasteiger partial charge in [0, 0.05) is 37.6 Å². The monoisotopic (exact) mass is 220 g/mol. The summed E-state index contributed by atoms with van der Waals surface area (Å²) in [5.74, 6) is 0.920. The van der Waals surface area contributed by atoms with Gasteiger partial charge in [-0.2, -0.15) is 0 Å². The van der Waals surface area contributed by atoms with Crippen molar-refractivity contribution in [2.24, 2.45) is 0 Å². The third kappa shape index (κ3) is 2.39. The van der Waals surface area contributed by atoms with Gasteiger partial charge in [0.15, 0.2) is 0 Å². The van der Waals surface area contributed by atoms with E-state index >= 15 is 0 Å². The second-order valence-corrected chi connectivity index (χ2v) is 4.61. The predicted octanol–water partition coefficient (Wildman–Crippen LogP) is 1.05. The first-order valence-electron chi connectivity index (χ1n) is 5.96. The van der Waals surface area contributed by atoms with Crippen LogP contribution in [0.4, 0.5) is 0 Å². The zero-order chi connectivity index (χ0) is 11.4. The van der Waals surface area contributed by atoms with E-state index in [2.05, 4.69) is 34.0 Å². The third-order valence-electron chi connectivity index (χ3n) is 3.54. The Balaban J connectivity index is 2.07. The normalized spacial score (nSPS) is 26.9. The van der Waals surface area contributed by atoms with Crippen LogP contribution in [-0.4, -0.2) is 40.0 Å². The summed E-state index contributed by atoms with van der Waals surface area (Å²) in [5, 5.41) is 3.46. The van der Waals surface area contributed by atoms with Crippen LogP contribution < -0.4 is 5.32 Å². The highest BCUT2D eigenvalue weighted by Crippen LogP contribution is 2.22. The van der Waals surface area contributed by atoms with Crippen LogP contribution in [0.3, 0.4) is 0 Å². The minimum absolute atomic E-state index is 0.234. The summed E-state index contributed by atoms with van der Waals surface area (Å²) in [6.07, 6.45) is 4.77. The summed E-state index contributed by atoms with van der Waals surface area (Å²) in [7, 11) is 0. The molecule has 1 aromatic heterocycles. The lowest BCUT2D eigenvalue weighted by atomic mass is 9.94. The van der Waals surface area contributed by atoms with Crippen molar-refractivity contribution in [3.05, 3.63) is 24.3 Å². The first-order valence-corrected chi connectivity index (χ1v) is 5.96. The van der Waals surface area contributed by atoms with E-state index in [1.54, 1.807) is 0 Å². The summed E-state index contributed by atoms with van der Waals surface area (Å²) in [5.41, 5.74) is 0.234. The fourth-order valence-corrected chi connectivity index (χ4v) is 2.15. The van der Waals surface area contributed by atoms with Gasteiger partial charge in [-0.15, -0.1) is 0 Å². The fraction of sp³-hybridized carbons (Fsp3) is 0.667. The molecule has 2 rings (SSSR count). The van der Waals surface area contributed by atoms with Crippen LogP contribution >= 0.6 is 0 Å². The van der Waals surface area contributed by atoms with Crippen LogP contribution in [0.1, 0.15) is 26.1 Å². The van der Waals surface area contributed by atoms with Crippen molar-refractivity contribution in [3.63, 3.8) is 0 Å².